The highest BCUT2D eigenvalue weighted by Gasteiger charge is 2.27. The van der Waals surface area contributed by atoms with Crippen molar-refractivity contribution in [2.24, 2.45) is 0 Å². The first-order valence-corrected chi connectivity index (χ1v) is 6.12. The molecule has 2 rings (SSSR count). The first-order valence-electron chi connectivity index (χ1n) is 6.12. The fraction of sp³-hybridized carbons (Fsp3) is 0.429. The van der Waals surface area contributed by atoms with Crippen molar-refractivity contribution in [3.8, 4) is 0 Å². The summed E-state index contributed by atoms with van der Waals surface area (Å²) in [5, 5.41) is 0. The van der Waals surface area contributed by atoms with E-state index in [1.165, 1.54) is 12.1 Å². The second-order valence-electron chi connectivity index (χ2n) is 4.73. The standard InChI is InChI=1S/C14H16FNO2/c1-10(8-11-2-4-12(15)5-3-11)16-7-6-13(17)9-14(16)18/h2-5,10H,6-9H2,1H3. The van der Waals surface area contributed by atoms with E-state index >= 15 is 0 Å². The average Bonchev–Trinajstić information content (AvgIpc) is 2.32. The molecule has 1 aliphatic rings. The number of benzene rings is 1. The van der Waals surface area contributed by atoms with Crippen LogP contribution in [0.3, 0.4) is 0 Å². The predicted molar refractivity (Wildman–Crippen MR) is 65.5 cm³/mol. The van der Waals surface area contributed by atoms with Crippen molar-refractivity contribution in [1.29, 1.82) is 0 Å². The van der Waals surface area contributed by atoms with E-state index < -0.39 is 0 Å². The number of carbonyl (C=O) groups is 2. The average molecular weight is 249 g/mol. The molecule has 0 radical (unpaired) electrons. The van der Waals surface area contributed by atoms with Gasteiger partial charge in [0.15, 0.2) is 0 Å². The van der Waals surface area contributed by atoms with E-state index in [0.29, 0.717) is 19.4 Å². The summed E-state index contributed by atoms with van der Waals surface area (Å²) in [5.74, 6) is -0.336. The number of ketones is 1. The SMILES string of the molecule is CC(Cc1ccc(F)cc1)N1CCC(=O)CC1=O. The summed E-state index contributed by atoms with van der Waals surface area (Å²) in [5.41, 5.74) is 0.994. The Balaban J connectivity index is 1.99. The maximum Gasteiger partial charge on any atom is 0.230 e. The van der Waals surface area contributed by atoms with E-state index in [0.717, 1.165) is 5.56 Å². The molecular formula is C14H16FNO2. The van der Waals surface area contributed by atoms with Crippen LogP contribution in [0.4, 0.5) is 4.39 Å². The molecule has 1 heterocycles. The van der Waals surface area contributed by atoms with Crippen LogP contribution >= 0.6 is 0 Å². The van der Waals surface area contributed by atoms with E-state index in [9.17, 15) is 14.0 Å². The number of hydrogen-bond acceptors (Lipinski definition) is 2. The Morgan fingerprint density at radius 2 is 1.94 bits per heavy atom. The Kier molecular flexibility index (Phi) is 3.75. The summed E-state index contributed by atoms with van der Waals surface area (Å²) in [6, 6.07) is 6.33. The highest BCUT2D eigenvalue weighted by Crippen LogP contribution is 2.15. The molecule has 1 aromatic carbocycles. The van der Waals surface area contributed by atoms with Gasteiger partial charge in [0.2, 0.25) is 5.91 Å². The largest absolute Gasteiger partial charge is 0.339 e. The molecular weight excluding hydrogens is 233 g/mol. The fourth-order valence-corrected chi connectivity index (χ4v) is 2.27. The molecule has 1 unspecified atom stereocenters. The molecule has 1 atom stereocenters. The molecule has 18 heavy (non-hydrogen) atoms. The van der Waals surface area contributed by atoms with Gasteiger partial charge in [0.05, 0.1) is 6.42 Å². The molecule has 0 aromatic heterocycles. The van der Waals surface area contributed by atoms with Crippen molar-refractivity contribution in [2.75, 3.05) is 6.54 Å². The maximum absolute atomic E-state index is 12.8. The number of rotatable bonds is 3. The number of piperidine rings is 1. The van der Waals surface area contributed by atoms with Gasteiger partial charge in [0, 0.05) is 19.0 Å². The van der Waals surface area contributed by atoms with Crippen LogP contribution in [0.15, 0.2) is 24.3 Å². The number of halogens is 1. The monoisotopic (exact) mass is 249 g/mol. The number of Topliss-reactive ketones (excluding diaryl/α,β-unsaturated/α-hetero) is 1. The van der Waals surface area contributed by atoms with Crippen LogP contribution in [0.1, 0.15) is 25.3 Å². The Bertz CT molecular complexity index is 455. The Morgan fingerprint density at radius 1 is 1.28 bits per heavy atom. The van der Waals surface area contributed by atoms with E-state index in [1.54, 1.807) is 17.0 Å². The molecule has 1 aliphatic heterocycles. The third kappa shape index (κ3) is 2.94. The van der Waals surface area contributed by atoms with Gasteiger partial charge in [0.1, 0.15) is 11.6 Å². The fourth-order valence-electron chi connectivity index (χ4n) is 2.27. The molecule has 96 valence electrons. The van der Waals surface area contributed by atoms with Crippen LogP contribution in [0.25, 0.3) is 0 Å². The van der Waals surface area contributed by atoms with Crippen molar-refractivity contribution in [1.82, 2.24) is 4.90 Å². The zero-order valence-electron chi connectivity index (χ0n) is 10.4. The third-order valence-corrected chi connectivity index (χ3v) is 3.28. The van der Waals surface area contributed by atoms with Gasteiger partial charge in [-0.2, -0.15) is 0 Å². The molecule has 1 aromatic rings. The molecule has 3 nitrogen and oxygen atoms in total. The Morgan fingerprint density at radius 3 is 2.56 bits per heavy atom. The molecule has 1 saturated heterocycles. The van der Waals surface area contributed by atoms with Crippen molar-refractivity contribution < 1.29 is 14.0 Å². The van der Waals surface area contributed by atoms with E-state index in [1.807, 2.05) is 6.92 Å². The summed E-state index contributed by atoms with van der Waals surface area (Å²) >= 11 is 0. The number of amides is 1. The number of carbonyl (C=O) groups excluding carboxylic acids is 2. The van der Waals surface area contributed by atoms with Gasteiger partial charge in [-0.1, -0.05) is 12.1 Å². The maximum atomic E-state index is 12.8. The van der Waals surface area contributed by atoms with Crippen molar-refractivity contribution >= 4 is 11.7 Å². The summed E-state index contributed by atoms with van der Waals surface area (Å²) in [7, 11) is 0. The van der Waals surface area contributed by atoms with E-state index in [-0.39, 0.29) is 30.0 Å². The lowest BCUT2D eigenvalue weighted by Crippen LogP contribution is -2.45. The minimum Gasteiger partial charge on any atom is -0.339 e. The minimum atomic E-state index is -0.258. The van der Waals surface area contributed by atoms with Crippen LogP contribution in [-0.4, -0.2) is 29.2 Å². The van der Waals surface area contributed by atoms with Gasteiger partial charge in [-0.3, -0.25) is 9.59 Å². The van der Waals surface area contributed by atoms with Crippen LogP contribution in [-0.2, 0) is 16.0 Å². The summed E-state index contributed by atoms with van der Waals surface area (Å²) in [6.07, 6.45) is 1.15. The van der Waals surface area contributed by atoms with Gasteiger partial charge in [-0.25, -0.2) is 4.39 Å². The third-order valence-electron chi connectivity index (χ3n) is 3.28. The van der Waals surface area contributed by atoms with Crippen molar-refractivity contribution in [2.45, 2.75) is 32.2 Å². The van der Waals surface area contributed by atoms with Crippen LogP contribution in [0.5, 0.6) is 0 Å². The summed E-state index contributed by atoms with van der Waals surface area (Å²) in [4.78, 5) is 24.6. The highest BCUT2D eigenvalue weighted by atomic mass is 19.1. The number of nitrogens with zero attached hydrogens (tertiary/aromatic N) is 1. The second kappa shape index (κ2) is 5.29. The Labute approximate surface area is 106 Å². The quantitative estimate of drug-likeness (QED) is 0.768. The highest BCUT2D eigenvalue weighted by molar-refractivity contribution is 6.00. The minimum absolute atomic E-state index is 0.0187. The van der Waals surface area contributed by atoms with Crippen molar-refractivity contribution in [3.05, 3.63) is 35.6 Å². The van der Waals surface area contributed by atoms with Gasteiger partial charge in [-0.05, 0) is 31.0 Å². The molecule has 0 saturated carbocycles. The zero-order chi connectivity index (χ0) is 13.1. The topological polar surface area (TPSA) is 37.4 Å². The van der Waals surface area contributed by atoms with Crippen molar-refractivity contribution in [3.63, 3.8) is 0 Å². The molecule has 1 amide bonds. The lowest BCUT2D eigenvalue weighted by Gasteiger charge is -2.32. The first kappa shape index (κ1) is 12.7. The predicted octanol–water partition coefficient (Wildman–Crippen LogP) is 1.95. The normalized spacial score (nSPS) is 18.0. The zero-order valence-corrected chi connectivity index (χ0v) is 10.4. The molecule has 0 N–H and O–H groups in total. The van der Waals surface area contributed by atoms with E-state index in [4.69, 9.17) is 0 Å². The second-order valence-corrected chi connectivity index (χ2v) is 4.73. The van der Waals surface area contributed by atoms with Gasteiger partial charge in [0.25, 0.3) is 0 Å². The van der Waals surface area contributed by atoms with Gasteiger partial charge in [-0.15, -0.1) is 0 Å². The number of hydrogen-bond donors (Lipinski definition) is 0. The molecule has 0 aliphatic carbocycles. The summed E-state index contributed by atoms with van der Waals surface area (Å²) < 4.78 is 12.8. The lowest BCUT2D eigenvalue weighted by atomic mass is 10.0. The molecule has 4 heteroatoms. The van der Waals surface area contributed by atoms with Crippen LogP contribution in [0.2, 0.25) is 0 Å². The van der Waals surface area contributed by atoms with Gasteiger partial charge < -0.3 is 4.90 Å². The van der Waals surface area contributed by atoms with Crippen LogP contribution < -0.4 is 0 Å². The molecule has 0 spiro atoms. The Hall–Kier alpha value is -1.71. The molecule has 0 bridgehead atoms. The molecule has 1 fully saturated rings. The lowest BCUT2D eigenvalue weighted by molar-refractivity contribution is -0.141. The van der Waals surface area contributed by atoms with Gasteiger partial charge >= 0.3 is 0 Å². The summed E-state index contributed by atoms with van der Waals surface area (Å²) in [6.45, 7) is 2.46. The first-order chi connectivity index (χ1) is 8.56. The van der Waals surface area contributed by atoms with E-state index in [2.05, 4.69) is 0 Å². The smallest absolute Gasteiger partial charge is 0.230 e. The van der Waals surface area contributed by atoms with Crippen LogP contribution in [0, 0.1) is 5.82 Å². The number of likely N-dealkylation sites (tertiary alicyclic amines) is 1.